The third-order valence-electron chi connectivity index (χ3n) is 7.28. The van der Waals surface area contributed by atoms with Gasteiger partial charge < -0.3 is 19.7 Å². The van der Waals surface area contributed by atoms with Gasteiger partial charge in [0.25, 0.3) is 5.91 Å². The molecule has 2 aliphatic heterocycles. The summed E-state index contributed by atoms with van der Waals surface area (Å²) in [4.78, 5) is 14.9. The molecule has 14 heteroatoms. The standard InChI is InChI=1S/C26H25F7N4O3/c1-15(25(28,29)30)40-21-11-20(37-14-39-13-36-9-8-24(6-7-24)12-22(36)35-37)18(27)10-16(21)23(38)34-19-5-3-2-4-17(19)26(31,32)33/h2-5,10-11,15H,6-9,12-14H2,1H3,(H,34,38)/t15-/m0/s1. The average molecular weight is 574 g/mol. The van der Waals surface area contributed by atoms with E-state index in [4.69, 9.17) is 9.47 Å². The third kappa shape index (κ3) is 5.81. The SMILES string of the molecule is C[C@H](Oc1cc(N2COCN3CCC4(CC4)CC3=N2)c(F)cc1C(=O)Nc1ccccc1C(F)(F)F)C(F)(F)F. The van der Waals surface area contributed by atoms with E-state index in [1.54, 1.807) is 0 Å². The second-order valence-electron chi connectivity index (χ2n) is 10.2. The Balaban J connectivity index is 1.51. The van der Waals surface area contributed by atoms with Crippen LogP contribution >= 0.6 is 0 Å². The van der Waals surface area contributed by atoms with Crippen LogP contribution in [0.5, 0.6) is 5.75 Å². The summed E-state index contributed by atoms with van der Waals surface area (Å²) in [5.74, 6) is -2.39. The Bertz CT molecular complexity index is 1320. The number of hydrogen-bond acceptors (Lipinski definition) is 6. The first-order chi connectivity index (χ1) is 18.8. The van der Waals surface area contributed by atoms with Crippen molar-refractivity contribution < 1.29 is 45.0 Å². The second kappa shape index (κ2) is 10.1. The fraction of sp³-hybridized carbons (Fsp3) is 0.462. The quantitative estimate of drug-likeness (QED) is 0.421. The van der Waals surface area contributed by atoms with Crippen LogP contribution in [-0.2, 0) is 10.9 Å². The van der Waals surface area contributed by atoms with E-state index in [2.05, 4.69) is 5.10 Å². The van der Waals surface area contributed by atoms with Crippen LogP contribution in [0.15, 0.2) is 41.5 Å². The van der Waals surface area contributed by atoms with E-state index in [-0.39, 0.29) is 24.6 Å². The number of halogens is 7. The van der Waals surface area contributed by atoms with E-state index in [1.807, 2.05) is 10.2 Å². The lowest BCUT2D eigenvalue weighted by Crippen LogP contribution is -2.40. The molecule has 1 amide bonds. The summed E-state index contributed by atoms with van der Waals surface area (Å²) in [6.07, 6.45) is -8.40. The van der Waals surface area contributed by atoms with Crippen molar-refractivity contribution in [1.29, 1.82) is 0 Å². The number of nitrogens with zero attached hydrogens (tertiary/aromatic N) is 3. The zero-order valence-corrected chi connectivity index (χ0v) is 21.2. The van der Waals surface area contributed by atoms with Gasteiger partial charge >= 0.3 is 12.4 Å². The van der Waals surface area contributed by atoms with Gasteiger partial charge in [-0.3, -0.25) is 4.79 Å². The van der Waals surface area contributed by atoms with Crippen molar-refractivity contribution in [2.75, 3.05) is 30.3 Å². The summed E-state index contributed by atoms with van der Waals surface area (Å²) < 4.78 is 106. The fourth-order valence-corrected chi connectivity index (χ4v) is 4.71. The lowest BCUT2D eigenvalue weighted by atomic mass is 9.93. The Kier molecular flexibility index (Phi) is 7.09. The number of benzene rings is 2. The van der Waals surface area contributed by atoms with Gasteiger partial charge in [-0.05, 0) is 49.8 Å². The Morgan fingerprint density at radius 3 is 2.50 bits per heavy atom. The number of carbonyl (C=O) groups is 1. The maximum Gasteiger partial charge on any atom is 0.425 e. The van der Waals surface area contributed by atoms with E-state index in [0.717, 1.165) is 48.5 Å². The predicted molar refractivity (Wildman–Crippen MR) is 130 cm³/mol. The lowest BCUT2D eigenvalue weighted by molar-refractivity contribution is -0.189. The topological polar surface area (TPSA) is 66.4 Å². The Morgan fingerprint density at radius 2 is 1.82 bits per heavy atom. The Morgan fingerprint density at radius 1 is 1.10 bits per heavy atom. The van der Waals surface area contributed by atoms with Crippen molar-refractivity contribution in [1.82, 2.24) is 4.90 Å². The number of piperidine rings is 1. The molecule has 0 radical (unpaired) electrons. The van der Waals surface area contributed by atoms with E-state index in [1.165, 1.54) is 6.07 Å². The highest BCUT2D eigenvalue weighted by Crippen LogP contribution is 2.54. The van der Waals surface area contributed by atoms with Crippen molar-refractivity contribution in [3.05, 3.63) is 53.3 Å². The number of ether oxygens (including phenoxy) is 2. The summed E-state index contributed by atoms with van der Waals surface area (Å²) in [7, 11) is 0. The highest BCUT2D eigenvalue weighted by molar-refractivity contribution is 6.07. The number of nitrogens with one attached hydrogen (secondary N) is 1. The van der Waals surface area contributed by atoms with Gasteiger partial charge in [-0.2, -0.15) is 31.4 Å². The van der Waals surface area contributed by atoms with Gasteiger partial charge in [0.05, 0.1) is 16.8 Å². The zero-order valence-electron chi connectivity index (χ0n) is 21.2. The molecule has 40 heavy (non-hydrogen) atoms. The average Bonchev–Trinajstić information content (AvgIpc) is 3.66. The summed E-state index contributed by atoms with van der Waals surface area (Å²) in [6.45, 7) is 1.35. The molecule has 7 nitrogen and oxygen atoms in total. The number of para-hydroxylation sites is 1. The van der Waals surface area contributed by atoms with Gasteiger partial charge in [-0.1, -0.05) is 12.1 Å². The van der Waals surface area contributed by atoms with Crippen LogP contribution in [0.3, 0.4) is 0 Å². The van der Waals surface area contributed by atoms with Crippen LogP contribution in [0.4, 0.5) is 42.1 Å². The van der Waals surface area contributed by atoms with Crippen molar-refractivity contribution in [2.24, 2.45) is 10.5 Å². The van der Waals surface area contributed by atoms with Gasteiger partial charge in [0, 0.05) is 19.0 Å². The number of hydrazone groups is 1. The lowest BCUT2D eigenvalue weighted by Gasteiger charge is -2.33. The molecule has 0 aromatic heterocycles. The van der Waals surface area contributed by atoms with Crippen molar-refractivity contribution in [3.63, 3.8) is 0 Å². The molecule has 2 heterocycles. The van der Waals surface area contributed by atoms with Crippen molar-refractivity contribution in [3.8, 4) is 5.75 Å². The minimum absolute atomic E-state index is 0.148. The summed E-state index contributed by atoms with van der Waals surface area (Å²) in [5, 5.41) is 7.67. The van der Waals surface area contributed by atoms with Gasteiger partial charge in [-0.25, -0.2) is 9.40 Å². The minimum Gasteiger partial charge on any atom is -0.480 e. The monoisotopic (exact) mass is 574 g/mol. The Hall–Kier alpha value is -3.55. The van der Waals surface area contributed by atoms with E-state index >= 15 is 4.39 Å². The molecule has 1 saturated heterocycles. The van der Waals surface area contributed by atoms with Crippen LogP contribution in [-0.4, -0.2) is 48.9 Å². The number of amidine groups is 1. The normalized spacial score (nSPS) is 19.4. The van der Waals surface area contributed by atoms with Gasteiger partial charge in [0.15, 0.2) is 6.10 Å². The highest BCUT2D eigenvalue weighted by Gasteiger charge is 2.47. The van der Waals surface area contributed by atoms with Crippen LogP contribution < -0.4 is 15.1 Å². The van der Waals surface area contributed by atoms with Crippen LogP contribution in [0.25, 0.3) is 0 Å². The molecule has 1 saturated carbocycles. The minimum atomic E-state index is -4.85. The smallest absolute Gasteiger partial charge is 0.425 e. The summed E-state index contributed by atoms with van der Waals surface area (Å²) in [5.41, 5.74) is -2.74. The number of rotatable bonds is 5. The number of fused-ring (bicyclic) bond motifs is 1. The molecule has 1 aliphatic carbocycles. The van der Waals surface area contributed by atoms with Crippen LogP contribution in [0.2, 0.25) is 0 Å². The molecule has 1 atom stereocenters. The first-order valence-electron chi connectivity index (χ1n) is 12.5. The first kappa shape index (κ1) is 28.0. The van der Waals surface area contributed by atoms with Gasteiger partial charge in [0.2, 0.25) is 0 Å². The highest BCUT2D eigenvalue weighted by atomic mass is 19.4. The molecule has 1 spiro atoms. The summed E-state index contributed by atoms with van der Waals surface area (Å²) in [6, 6.07) is 5.53. The number of amides is 1. The van der Waals surface area contributed by atoms with Crippen LogP contribution in [0.1, 0.15) is 48.5 Å². The number of carbonyl (C=O) groups excluding carboxylic acids is 1. The molecule has 3 aliphatic rings. The third-order valence-corrected chi connectivity index (χ3v) is 7.28. The Labute approximate surface area is 224 Å². The van der Waals surface area contributed by atoms with E-state index in [9.17, 15) is 31.1 Å². The van der Waals surface area contributed by atoms with Crippen molar-refractivity contribution in [2.45, 2.75) is 51.1 Å². The molecule has 0 bridgehead atoms. The fourth-order valence-electron chi connectivity index (χ4n) is 4.71. The van der Waals surface area contributed by atoms with Crippen LogP contribution in [0, 0.1) is 11.2 Å². The molecule has 2 aromatic rings. The van der Waals surface area contributed by atoms with Gasteiger partial charge in [-0.15, -0.1) is 0 Å². The molecule has 216 valence electrons. The molecular formula is C26H25F7N4O3. The first-order valence-corrected chi connectivity index (χ1v) is 12.5. The summed E-state index contributed by atoms with van der Waals surface area (Å²) >= 11 is 0. The predicted octanol–water partition coefficient (Wildman–Crippen LogP) is 6.37. The molecule has 0 unspecified atom stereocenters. The maximum absolute atomic E-state index is 15.5. The molecule has 2 aromatic carbocycles. The largest absolute Gasteiger partial charge is 0.480 e. The number of alkyl halides is 6. The maximum atomic E-state index is 15.5. The molecule has 5 rings (SSSR count). The molecule has 2 fully saturated rings. The molecular weight excluding hydrogens is 549 g/mol. The number of anilines is 2. The second-order valence-corrected chi connectivity index (χ2v) is 10.2. The molecule has 1 N–H and O–H groups in total. The number of hydrogen-bond donors (Lipinski definition) is 1. The van der Waals surface area contributed by atoms with Gasteiger partial charge in [0.1, 0.15) is 36.6 Å². The van der Waals surface area contributed by atoms with Crippen molar-refractivity contribution >= 4 is 23.1 Å². The van der Waals surface area contributed by atoms with E-state index < -0.39 is 52.7 Å². The zero-order chi connectivity index (χ0) is 28.9. The van der Waals surface area contributed by atoms with E-state index in [0.29, 0.717) is 31.8 Å².